The second-order valence-electron chi connectivity index (χ2n) is 5.12. The summed E-state index contributed by atoms with van der Waals surface area (Å²) in [4.78, 5) is 14.1. The smallest absolute Gasteiger partial charge is 0.243 e. The minimum Gasteiger partial charge on any atom is -0.377 e. The predicted octanol–water partition coefficient (Wildman–Crippen LogP) is 1.56. The molecule has 1 aliphatic heterocycles. The molecule has 1 atom stereocenters. The van der Waals surface area contributed by atoms with Gasteiger partial charge in [0.25, 0.3) is 0 Å². The standard InChI is InChI=1S/C12H20N2O2/c1-5-12(4,8-13)10(15)14-6-7-16-9-11(14,2)3/h5-7,9H2,1-4H3. The van der Waals surface area contributed by atoms with Gasteiger partial charge in [0.1, 0.15) is 5.41 Å². The zero-order chi connectivity index (χ0) is 12.4. The summed E-state index contributed by atoms with van der Waals surface area (Å²) in [5, 5.41) is 9.13. The van der Waals surface area contributed by atoms with Crippen molar-refractivity contribution in [3.05, 3.63) is 0 Å². The molecule has 1 heterocycles. The SMILES string of the molecule is CCC(C)(C#N)C(=O)N1CCOCC1(C)C. The Morgan fingerprint density at radius 3 is 2.69 bits per heavy atom. The molecular formula is C12H20N2O2. The normalized spacial score (nSPS) is 23.3. The van der Waals surface area contributed by atoms with E-state index in [9.17, 15) is 4.79 Å². The Bertz CT molecular complexity index is 319. The van der Waals surface area contributed by atoms with Crippen molar-refractivity contribution in [3.8, 4) is 6.07 Å². The van der Waals surface area contributed by atoms with E-state index in [1.165, 1.54) is 0 Å². The van der Waals surface area contributed by atoms with E-state index < -0.39 is 5.41 Å². The summed E-state index contributed by atoms with van der Waals surface area (Å²) >= 11 is 0. The van der Waals surface area contributed by atoms with Crippen molar-refractivity contribution in [3.63, 3.8) is 0 Å². The topological polar surface area (TPSA) is 53.3 Å². The lowest BCUT2D eigenvalue weighted by Crippen LogP contribution is -2.58. The third-order valence-electron chi connectivity index (χ3n) is 3.32. The third kappa shape index (κ3) is 2.19. The lowest BCUT2D eigenvalue weighted by Gasteiger charge is -2.44. The molecule has 1 aliphatic rings. The van der Waals surface area contributed by atoms with Crippen LogP contribution in [-0.4, -0.2) is 36.1 Å². The number of nitriles is 1. The Morgan fingerprint density at radius 2 is 2.25 bits per heavy atom. The Balaban J connectivity index is 2.92. The summed E-state index contributed by atoms with van der Waals surface area (Å²) in [5.74, 6) is -0.0780. The van der Waals surface area contributed by atoms with Crippen molar-refractivity contribution in [2.75, 3.05) is 19.8 Å². The quantitative estimate of drug-likeness (QED) is 0.715. The number of hydrogen-bond donors (Lipinski definition) is 0. The number of rotatable bonds is 2. The van der Waals surface area contributed by atoms with Crippen LogP contribution in [0.25, 0.3) is 0 Å². The average Bonchev–Trinajstić information content (AvgIpc) is 2.26. The van der Waals surface area contributed by atoms with E-state index in [-0.39, 0.29) is 11.4 Å². The highest BCUT2D eigenvalue weighted by Crippen LogP contribution is 2.29. The first kappa shape index (κ1) is 13.0. The maximum atomic E-state index is 12.3. The molecule has 0 bridgehead atoms. The number of morpholine rings is 1. The molecule has 4 nitrogen and oxygen atoms in total. The minimum absolute atomic E-state index is 0.0780. The highest BCUT2D eigenvalue weighted by Gasteiger charge is 2.42. The van der Waals surface area contributed by atoms with Gasteiger partial charge in [0, 0.05) is 6.54 Å². The van der Waals surface area contributed by atoms with E-state index >= 15 is 0 Å². The van der Waals surface area contributed by atoms with E-state index in [0.29, 0.717) is 26.2 Å². The van der Waals surface area contributed by atoms with Gasteiger partial charge in [-0.3, -0.25) is 4.79 Å². The minimum atomic E-state index is -0.908. The number of carbonyl (C=O) groups is 1. The molecule has 1 rings (SSSR count). The zero-order valence-corrected chi connectivity index (χ0v) is 10.5. The Kier molecular flexibility index (Phi) is 3.59. The first-order chi connectivity index (χ1) is 7.37. The van der Waals surface area contributed by atoms with Crippen LogP contribution in [0.2, 0.25) is 0 Å². The summed E-state index contributed by atoms with van der Waals surface area (Å²) in [7, 11) is 0. The van der Waals surface area contributed by atoms with Crippen molar-refractivity contribution in [2.45, 2.75) is 39.7 Å². The van der Waals surface area contributed by atoms with Crippen molar-refractivity contribution in [1.29, 1.82) is 5.26 Å². The highest BCUT2D eigenvalue weighted by atomic mass is 16.5. The van der Waals surface area contributed by atoms with Crippen LogP contribution in [0.1, 0.15) is 34.1 Å². The molecule has 1 amide bonds. The first-order valence-electron chi connectivity index (χ1n) is 5.68. The van der Waals surface area contributed by atoms with Crippen LogP contribution in [-0.2, 0) is 9.53 Å². The monoisotopic (exact) mass is 224 g/mol. The van der Waals surface area contributed by atoms with E-state index in [1.807, 2.05) is 20.8 Å². The van der Waals surface area contributed by atoms with Crippen LogP contribution in [0.15, 0.2) is 0 Å². The molecule has 0 radical (unpaired) electrons. The van der Waals surface area contributed by atoms with Crippen LogP contribution < -0.4 is 0 Å². The van der Waals surface area contributed by atoms with E-state index in [4.69, 9.17) is 10.00 Å². The highest BCUT2D eigenvalue weighted by molar-refractivity contribution is 5.85. The molecule has 0 saturated carbocycles. The van der Waals surface area contributed by atoms with Crippen molar-refractivity contribution in [1.82, 2.24) is 4.90 Å². The molecule has 0 aliphatic carbocycles. The second-order valence-corrected chi connectivity index (χ2v) is 5.12. The lowest BCUT2D eigenvalue weighted by atomic mass is 9.85. The van der Waals surface area contributed by atoms with Gasteiger partial charge < -0.3 is 9.64 Å². The maximum absolute atomic E-state index is 12.3. The largest absolute Gasteiger partial charge is 0.377 e. The number of amides is 1. The molecule has 4 heteroatoms. The van der Waals surface area contributed by atoms with Gasteiger partial charge in [-0.15, -0.1) is 0 Å². The maximum Gasteiger partial charge on any atom is 0.243 e. The predicted molar refractivity (Wildman–Crippen MR) is 60.6 cm³/mol. The Labute approximate surface area is 97.2 Å². The summed E-state index contributed by atoms with van der Waals surface area (Å²) in [6.07, 6.45) is 0.537. The number of ether oxygens (including phenoxy) is 1. The summed E-state index contributed by atoms with van der Waals surface area (Å²) in [6, 6.07) is 2.13. The van der Waals surface area contributed by atoms with Gasteiger partial charge in [0.2, 0.25) is 5.91 Å². The molecule has 0 aromatic heterocycles. The van der Waals surface area contributed by atoms with Gasteiger partial charge in [-0.2, -0.15) is 5.26 Å². The van der Waals surface area contributed by atoms with Crippen LogP contribution in [0.3, 0.4) is 0 Å². The van der Waals surface area contributed by atoms with Gasteiger partial charge in [0.15, 0.2) is 0 Å². The van der Waals surface area contributed by atoms with E-state index in [1.54, 1.807) is 11.8 Å². The van der Waals surface area contributed by atoms with Gasteiger partial charge >= 0.3 is 0 Å². The van der Waals surface area contributed by atoms with Crippen LogP contribution in [0, 0.1) is 16.7 Å². The molecule has 1 saturated heterocycles. The Morgan fingerprint density at radius 1 is 1.62 bits per heavy atom. The fourth-order valence-corrected chi connectivity index (χ4v) is 1.81. The van der Waals surface area contributed by atoms with E-state index in [0.717, 1.165) is 0 Å². The van der Waals surface area contributed by atoms with E-state index in [2.05, 4.69) is 6.07 Å². The van der Waals surface area contributed by atoms with Gasteiger partial charge in [-0.25, -0.2) is 0 Å². The molecule has 0 aromatic carbocycles. The lowest BCUT2D eigenvalue weighted by molar-refractivity contribution is -0.153. The average molecular weight is 224 g/mol. The summed E-state index contributed by atoms with van der Waals surface area (Å²) in [5.41, 5.74) is -1.22. The molecule has 1 fully saturated rings. The second kappa shape index (κ2) is 4.42. The van der Waals surface area contributed by atoms with Gasteiger partial charge in [-0.05, 0) is 27.2 Å². The molecule has 1 unspecified atom stereocenters. The fourth-order valence-electron chi connectivity index (χ4n) is 1.81. The molecule has 0 N–H and O–H groups in total. The molecule has 0 aromatic rings. The number of hydrogen-bond acceptors (Lipinski definition) is 3. The molecule has 0 spiro atoms. The Hall–Kier alpha value is -1.08. The first-order valence-corrected chi connectivity index (χ1v) is 5.68. The van der Waals surface area contributed by atoms with Crippen LogP contribution in [0.4, 0.5) is 0 Å². The third-order valence-corrected chi connectivity index (χ3v) is 3.32. The fraction of sp³-hybridized carbons (Fsp3) is 0.833. The molecular weight excluding hydrogens is 204 g/mol. The number of carbonyl (C=O) groups excluding carboxylic acids is 1. The van der Waals surface area contributed by atoms with Crippen molar-refractivity contribution >= 4 is 5.91 Å². The number of nitrogens with zero attached hydrogens (tertiary/aromatic N) is 2. The van der Waals surface area contributed by atoms with Crippen LogP contribution >= 0.6 is 0 Å². The van der Waals surface area contributed by atoms with Gasteiger partial charge in [-0.1, -0.05) is 6.92 Å². The molecule has 90 valence electrons. The van der Waals surface area contributed by atoms with Gasteiger partial charge in [0.05, 0.1) is 24.8 Å². The van der Waals surface area contributed by atoms with Crippen molar-refractivity contribution < 1.29 is 9.53 Å². The summed E-state index contributed by atoms with van der Waals surface area (Å²) < 4.78 is 5.37. The van der Waals surface area contributed by atoms with Crippen LogP contribution in [0.5, 0.6) is 0 Å². The molecule has 16 heavy (non-hydrogen) atoms. The van der Waals surface area contributed by atoms with Crippen molar-refractivity contribution in [2.24, 2.45) is 5.41 Å². The zero-order valence-electron chi connectivity index (χ0n) is 10.5. The summed E-state index contributed by atoms with van der Waals surface area (Å²) in [6.45, 7) is 9.18.